The second-order valence-corrected chi connectivity index (χ2v) is 7.48. The van der Waals surface area contributed by atoms with Gasteiger partial charge in [-0.15, -0.1) is 10.2 Å². The Morgan fingerprint density at radius 3 is 2.73 bits per heavy atom. The van der Waals surface area contributed by atoms with Gasteiger partial charge < -0.3 is 14.3 Å². The molecule has 0 atom stereocenters. The molecule has 1 amide bonds. The van der Waals surface area contributed by atoms with E-state index < -0.39 is 0 Å². The van der Waals surface area contributed by atoms with E-state index in [2.05, 4.69) is 15.2 Å². The monoisotopic (exact) mass is 370 g/mol. The first-order chi connectivity index (χ1) is 12.8. The van der Waals surface area contributed by atoms with E-state index in [4.69, 9.17) is 4.42 Å². The molecule has 4 rings (SSSR count). The molecule has 1 N–H and O–H groups in total. The van der Waals surface area contributed by atoms with Gasteiger partial charge in [0, 0.05) is 30.2 Å². The first kappa shape index (κ1) is 17.1. The number of nitrogens with zero attached hydrogens (tertiary/aromatic N) is 3. The molecular formula is C19H22N4O2S. The Kier molecular flexibility index (Phi) is 5.24. The maximum atomic E-state index is 12.5. The normalized spacial score (nSPS) is 15.8. The molecule has 0 spiro atoms. The van der Waals surface area contributed by atoms with Crippen molar-refractivity contribution in [2.75, 3.05) is 18.8 Å². The molecular weight excluding hydrogens is 348 g/mol. The maximum Gasteiger partial charge on any atom is 0.277 e. The molecule has 1 fully saturated rings. The number of aromatic amines is 1. The lowest BCUT2D eigenvalue weighted by atomic mass is 10.1. The van der Waals surface area contributed by atoms with Crippen LogP contribution in [0.25, 0.3) is 22.4 Å². The van der Waals surface area contributed by atoms with Crippen molar-refractivity contribution < 1.29 is 9.21 Å². The van der Waals surface area contributed by atoms with Crippen LogP contribution < -0.4 is 0 Å². The van der Waals surface area contributed by atoms with Crippen LogP contribution in [0.4, 0.5) is 0 Å². The van der Waals surface area contributed by atoms with E-state index in [9.17, 15) is 4.79 Å². The molecule has 1 aromatic carbocycles. The fourth-order valence-electron chi connectivity index (χ4n) is 3.34. The van der Waals surface area contributed by atoms with E-state index in [1.165, 1.54) is 31.0 Å². The number of carbonyl (C=O) groups excluding carboxylic acids is 1. The number of hydrogen-bond acceptors (Lipinski definition) is 5. The fraction of sp³-hybridized carbons (Fsp3) is 0.421. The summed E-state index contributed by atoms with van der Waals surface area (Å²) >= 11 is 1.32. The van der Waals surface area contributed by atoms with Gasteiger partial charge in [-0.05, 0) is 18.9 Å². The Bertz CT molecular complexity index is 880. The number of H-pyrrole nitrogens is 1. The molecule has 3 aromatic rings. The highest BCUT2D eigenvalue weighted by Gasteiger charge is 2.18. The average molecular weight is 370 g/mol. The highest BCUT2D eigenvalue weighted by atomic mass is 32.2. The first-order valence-electron chi connectivity index (χ1n) is 9.12. The van der Waals surface area contributed by atoms with E-state index in [-0.39, 0.29) is 5.91 Å². The Labute approximate surface area is 156 Å². The molecule has 1 aliphatic heterocycles. The smallest absolute Gasteiger partial charge is 0.277 e. The molecule has 136 valence electrons. The largest absolute Gasteiger partial charge is 0.411 e. The third kappa shape index (κ3) is 3.77. The summed E-state index contributed by atoms with van der Waals surface area (Å²) in [5, 5.41) is 9.72. The minimum absolute atomic E-state index is 0.156. The van der Waals surface area contributed by atoms with Gasteiger partial charge in [-0.2, -0.15) is 0 Å². The highest BCUT2D eigenvalue weighted by molar-refractivity contribution is 7.99. The number of benzene rings is 1. The molecule has 3 heterocycles. The number of fused-ring (bicyclic) bond motifs is 1. The van der Waals surface area contributed by atoms with Gasteiger partial charge in [-0.1, -0.05) is 49.2 Å². The van der Waals surface area contributed by atoms with Crippen molar-refractivity contribution in [1.82, 2.24) is 20.1 Å². The van der Waals surface area contributed by atoms with E-state index in [1.54, 1.807) is 0 Å². The number of para-hydroxylation sites is 1. The van der Waals surface area contributed by atoms with Crippen LogP contribution in [0.5, 0.6) is 0 Å². The first-order valence-corrected chi connectivity index (χ1v) is 10.1. The molecule has 0 bridgehead atoms. The molecule has 6 nitrogen and oxygen atoms in total. The van der Waals surface area contributed by atoms with Gasteiger partial charge in [0.25, 0.3) is 11.1 Å². The second-order valence-electron chi connectivity index (χ2n) is 6.56. The van der Waals surface area contributed by atoms with Gasteiger partial charge in [0.15, 0.2) is 0 Å². The van der Waals surface area contributed by atoms with Crippen molar-refractivity contribution in [1.29, 1.82) is 0 Å². The predicted octanol–water partition coefficient (Wildman–Crippen LogP) is 4.10. The molecule has 0 saturated carbocycles. The summed E-state index contributed by atoms with van der Waals surface area (Å²) in [6.07, 6.45) is 7.79. The van der Waals surface area contributed by atoms with Crippen molar-refractivity contribution in [3.63, 3.8) is 0 Å². The third-order valence-electron chi connectivity index (χ3n) is 4.75. The van der Waals surface area contributed by atoms with Crippen LogP contribution >= 0.6 is 11.8 Å². The van der Waals surface area contributed by atoms with Gasteiger partial charge in [-0.25, -0.2) is 0 Å². The minimum Gasteiger partial charge on any atom is -0.411 e. The van der Waals surface area contributed by atoms with E-state index in [0.29, 0.717) is 16.9 Å². The zero-order valence-electron chi connectivity index (χ0n) is 14.6. The number of aromatic nitrogens is 3. The number of likely N-dealkylation sites (tertiary alicyclic amines) is 1. The minimum atomic E-state index is 0.156. The lowest BCUT2D eigenvalue weighted by Crippen LogP contribution is -2.35. The number of amides is 1. The van der Waals surface area contributed by atoms with Gasteiger partial charge in [0.1, 0.15) is 0 Å². The lowest BCUT2D eigenvalue weighted by Gasteiger charge is -2.24. The quantitative estimate of drug-likeness (QED) is 0.700. The summed E-state index contributed by atoms with van der Waals surface area (Å²) in [7, 11) is 0. The molecule has 26 heavy (non-hydrogen) atoms. The Balaban J connectivity index is 1.40. The van der Waals surface area contributed by atoms with Crippen LogP contribution in [0.15, 0.2) is 40.1 Å². The average Bonchev–Trinajstić information content (AvgIpc) is 3.26. The highest BCUT2D eigenvalue weighted by Crippen LogP contribution is 2.29. The molecule has 7 heteroatoms. The molecule has 1 aliphatic rings. The van der Waals surface area contributed by atoms with Crippen molar-refractivity contribution in [3.8, 4) is 11.5 Å². The van der Waals surface area contributed by atoms with Gasteiger partial charge in [-0.3, -0.25) is 4.79 Å². The summed E-state index contributed by atoms with van der Waals surface area (Å²) in [5.74, 6) is 0.975. The zero-order chi connectivity index (χ0) is 17.8. The van der Waals surface area contributed by atoms with E-state index in [1.807, 2.05) is 35.4 Å². The summed E-state index contributed by atoms with van der Waals surface area (Å²) in [6.45, 7) is 1.73. The van der Waals surface area contributed by atoms with Crippen LogP contribution in [-0.2, 0) is 4.79 Å². The summed E-state index contributed by atoms with van der Waals surface area (Å²) in [5.41, 5.74) is 1.91. The lowest BCUT2D eigenvalue weighted by molar-refractivity contribution is -0.128. The van der Waals surface area contributed by atoms with Crippen LogP contribution in [0, 0.1) is 0 Å². The SMILES string of the molecule is O=C(CSc1nnc(-c2c[nH]c3ccccc23)o1)N1CCCCCCC1. The van der Waals surface area contributed by atoms with Gasteiger partial charge >= 0.3 is 0 Å². The van der Waals surface area contributed by atoms with E-state index in [0.717, 1.165) is 42.4 Å². The third-order valence-corrected chi connectivity index (χ3v) is 5.56. The summed E-state index contributed by atoms with van der Waals surface area (Å²) in [4.78, 5) is 17.6. The van der Waals surface area contributed by atoms with Crippen LogP contribution in [0.3, 0.4) is 0 Å². The maximum absolute atomic E-state index is 12.5. The summed E-state index contributed by atoms with van der Waals surface area (Å²) in [6, 6.07) is 7.98. The summed E-state index contributed by atoms with van der Waals surface area (Å²) < 4.78 is 5.77. The molecule has 0 aliphatic carbocycles. The predicted molar refractivity (Wildman–Crippen MR) is 102 cm³/mol. The van der Waals surface area contributed by atoms with E-state index >= 15 is 0 Å². The van der Waals surface area contributed by atoms with Crippen LogP contribution in [-0.4, -0.2) is 44.8 Å². The van der Waals surface area contributed by atoms with Crippen molar-refractivity contribution in [3.05, 3.63) is 30.5 Å². The van der Waals surface area contributed by atoms with Crippen molar-refractivity contribution in [2.24, 2.45) is 0 Å². The fourth-order valence-corrected chi connectivity index (χ4v) is 4.00. The van der Waals surface area contributed by atoms with Crippen LogP contribution in [0.2, 0.25) is 0 Å². The number of nitrogens with one attached hydrogen (secondary N) is 1. The van der Waals surface area contributed by atoms with Gasteiger partial charge in [0.2, 0.25) is 5.91 Å². The Morgan fingerprint density at radius 2 is 1.88 bits per heavy atom. The molecule has 0 radical (unpaired) electrons. The number of thioether (sulfide) groups is 1. The number of hydrogen-bond donors (Lipinski definition) is 1. The Morgan fingerprint density at radius 1 is 1.12 bits per heavy atom. The Hall–Kier alpha value is -2.28. The second kappa shape index (κ2) is 7.95. The molecule has 1 saturated heterocycles. The number of carbonyl (C=O) groups is 1. The zero-order valence-corrected chi connectivity index (χ0v) is 15.4. The van der Waals surface area contributed by atoms with Crippen LogP contribution in [0.1, 0.15) is 32.1 Å². The van der Waals surface area contributed by atoms with Crippen molar-refractivity contribution in [2.45, 2.75) is 37.3 Å². The van der Waals surface area contributed by atoms with Crippen molar-refractivity contribution >= 4 is 28.6 Å². The topological polar surface area (TPSA) is 75.0 Å². The molecule has 0 unspecified atom stereocenters. The molecule has 2 aromatic heterocycles. The standard InChI is InChI=1S/C19H22N4O2S/c24-17(23-10-6-2-1-3-7-11-23)13-26-19-22-21-18(25-19)15-12-20-16-9-5-4-8-14(15)16/h4-5,8-9,12,20H,1-3,6-7,10-11,13H2. The van der Waals surface area contributed by atoms with Gasteiger partial charge in [0.05, 0.1) is 11.3 Å². The number of rotatable bonds is 4.